The molecule has 0 spiro atoms. The summed E-state index contributed by atoms with van der Waals surface area (Å²) in [6.07, 6.45) is -3.30. The molecule has 7 nitrogen and oxygen atoms in total. The van der Waals surface area contributed by atoms with Crippen LogP contribution < -0.4 is 9.64 Å². The lowest BCUT2D eigenvalue weighted by molar-refractivity contribution is -0.177. The zero-order valence-electron chi connectivity index (χ0n) is 16.1. The summed E-state index contributed by atoms with van der Waals surface area (Å²) in [5.74, 6) is 0.426. The fraction of sp³-hybridized carbons (Fsp3) is 0.300. The zero-order valence-corrected chi connectivity index (χ0v) is 16.1. The lowest BCUT2D eigenvalue weighted by Crippen LogP contribution is -2.29. The first kappa shape index (κ1) is 20.4. The standard InChI is InChI=1S/C20H21F2N5O2/c1-3-18(28)27(16-7-5-6-15(12-16)19-23-25-26-24-19)13-14-8-10-17(11-9-14)29-20(21,22)4-2/h5-12H,3-4,13H2,1-2H3,(H,23,24,25,26). The SMILES string of the molecule is CCC(=O)N(Cc1ccc(OC(F)(F)CC)cc1)c1cccc(-c2nn[nH]n2)c1. The number of alkyl halides is 2. The highest BCUT2D eigenvalue weighted by molar-refractivity contribution is 5.93. The molecule has 3 rings (SSSR count). The number of aromatic nitrogens is 4. The Kier molecular flexibility index (Phi) is 6.16. The van der Waals surface area contributed by atoms with Gasteiger partial charge in [-0.25, -0.2) is 0 Å². The van der Waals surface area contributed by atoms with E-state index in [9.17, 15) is 13.6 Å². The quantitative estimate of drug-likeness (QED) is 0.612. The Bertz CT molecular complexity index is 946. The number of nitrogens with zero attached hydrogens (tertiary/aromatic N) is 4. The molecule has 0 aliphatic carbocycles. The van der Waals surface area contributed by atoms with Gasteiger partial charge in [0.05, 0.1) is 6.54 Å². The van der Waals surface area contributed by atoms with Crippen LogP contribution in [0.25, 0.3) is 11.4 Å². The van der Waals surface area contributed by atoms with Gasteiger partial charge in [0.2, 0.25) is 11.7 Å². The van der Waals surface area contributed by atoms with Crippen LogP contribution in [-0.4, -0.2) is 32.6 Å². The third-order valence-corrected chi connectivity index (χ3v) is 4.31. The first-order valence-electron chi connectivity index (χ1n) is 9.22. The normalized spacial score (nSPS) is 11.3. The molecule has 0 radical (unpaired) electrons. The predicted octanol–water partition coefficient (Wildman–Crippen LogP) is 4.19. The number of rotatable bonds is 8. The Morgan fingerprint density at radius 2 is 1.93 bits per heavy atom. The molecule has 29 heavy (non-hydrogen) atoms. The first-order chi connectivity index (χ1) is 13.9. The van der Waals surface area contributed by atoms with E-state index in [4.69, 9.17) is 0 Å². The minimum Gasteiger partial charge on any atom is -0.433 e. The third kappa shape index (κ3) is 5.13. The molecule has 1 N–H and O–H groups in total. The van der Waals surface area contributed by atoms with Gasteiger partial charge in [0.25, 0.3) is 0 Å². The van der Waals surface area contributed by atoms with Gasteiger partial charge in [-0.1, -0.05) is 38.1 Å². The van der Waals surface area contributed by atoms with E-state index in [1.807, 2.05) is 12.1 Å². The van der Waals surface area contributed by atoms with Crippen molar-refractivity contribution in [3.8, 4) is 17.1 Å². The van der Waals surface area contributed by atoms with Crippen LogP contribution in [0.5, 0.6) is 5.75 Å². The van der Waals surface area contributed by atoms with Gasteiger partial charge in [-0.2, -0.15) is 14.0 Å². The Balaban J connectivity index is 1.82. The van der Waals surface area contributed by atoms with Crippen molar-refractivity contribution in [1.29, 1.82) is 0 Å². The molecular weight excluding hydrogens is 380 g/mol. The third-order valence-electron chi connectivity index (χ3n) is 4.31. The number of benzene rings is 2. The second kappa shape index (κ2) is 8.76. The summed E-state index contributed by atoms with van der Waals surface area (Å²) in [6.45, 7) is 3.42. The highest BCUT2D eigenvalue weighted by atomic mass is 19.3. The topological polar surface area (TPSA) is 84.0 Å². The molecule has 0 bridgehead atoms. The maximum absolute atomic E-state index is 13.4. The second-order valence-electron chi connectivity index (χ2n) is 6.36. The summed E-state index contributed by atoms with van der Waals surface area (Å²) < 4.78 is 31.5. The molecule has 0 fully saturated rings. The average Bonchev–Trinajstić information content (AvgIpc) is 3.27. The monoisotopic (exact) mass is 401 g/mol. The summed E-state index contributed by atoms with van der Waals surface area (Å²) in [4.78, 5) is 14.2. The highest BCUT2D eigenvalue weighted by Crippen LogP contribution is 2.27. The summed E-state index contributed by atoms with van der Waals surface area (Å²) in [7, 11) is 0. The number of hydrogen-bond acceptors (Lipinski definition) is 5. The van der Waals surface area contributed by atoms with E-state index in [0.29, 0.717) is 17.9 Å². The number of H-pyrrole nitrogens is 1. The highest BCUT2D eigenvalue weighted by Gasteiger charge is 2.28. The van der Waals surface area contributed by atoms with E-state index < -0.39 is 12.5 Å². The van der Waals surface area contributed by atoms with Gasteiger partial charge in [0, 0.05) is 24.1 Å². The van der Waals surface area contributed by atoms with Gasteiger partial charge in [-0.15, -0.1) is 10.2 Å². The Morgan fingerprint density at radius 3 is 2.55 bits per heavy atom. The molecule has 1 heterocycles. The summed E-state index contributed by atoms with van der Waals surface area (Å²) >= 11 is 0. The number of nitrogens with one attached hydrogen (secondary N) is 1. The molecule has 0 unspecified atom stereocenters. The minimum absolute atomic E-state index is 0.0758. The Morgan fingerprint density at radius 1 is 1.17 bits per heavy atom. The lowest BCUT2D eigenvalue weighted by Gasteiger charge is -2.23. The zero-order chi connectivity index (χ0) is 20.9. The van der Waals surface area contributed by atoms with Gasteiger partial charge in [0.1, 0.15) is 5.75 Å². The van der Waals surface area contributed by atoms with E-state index in [2.05, 4.69) is 25.4 Å². The lowest BCUT2D eigenvalue weighted by atomic mass is 10.1. The van der Waals surface area contributed by atoms with Crippen LogP contribution in [0.3, 0.4) is 0 Å². The van der Waals surface area contributed by atoms with E-state index in [1.165, 1.54) is 19.1 Å². The minimum atomic E-state index is -3.21. The number of tetrazole rings is 1. The van der Waals surface area contributed by atoms with E-state index in [1.54, 1.807) is 36.1 Å². The van der Waals surface area contributed by atoms with E-state index >= 15 is 0 Å². The summed E-state index contributed by atoms with van der Waals surface area (Å²) in [5.41, 5.74) is 2.18. The van der Waals surface area contributed by atoms with Crippen LogP contribution >= 0.6 is 0 Å². The maximum Gasteiger partial charge on any atom is 0.397 e. The van der Waals surface area contributed by atoms with Gasteiger partial charge in [0.15, 0.2) is 0 Å². The maximum atomic E-state index is 13.4. The fourth-order valence-electron chi connectivity index (χ4n) is 2.70. The largest absolute Gasteiger partial charge is 0.433 e. The molecule has 0 saturated carbocycles. The van der Waals surface area contributed by atoms with E-state index in [0.717, 1.165) is 11.1 Å². The molecule has 1 amide bonds. The summed E-state index contributed by atoms with van der Waals surface area (Å²) in [6, 6.07) is 13.5. The Labute approximate surface area is 166 Å². The predicted molar refractivity (Wildman–Crippen MR) is 103 cm³/mol. The molecule has 2 aromatic carbocycles. The number of anilines is 1. The number of ether oxygens (including phenoxy) is 1. The van der Waals surface area contributed by atoms with Crippen LogP contribution in [0.2, 0.25) is 0 Å². The van der Waals surface area contributed by atoms with E-state index in [-0.39, 0.29) is 18.2 Å². The van der Waals surface area contributed by atoms with Gasteiger partial charge >= 0.3 is 6.11 Å². The van der Waals surface area contributed by atoms with Crippen molar-refractivity contribution < 1.29 is 18.3 Å². The van der Waals surface area contributed by atoms with Crippen molar-refractivity contribution in [2.45, 2.75) is 39.3 Å². The molecule has 0 aliphatic heterocycles. The summed E-state index contributed by atoms with van der Waals surface area (Å²) in [5, 5.41) is 13.9. The van der Waals surface area contributed by atoms with Crippen molar-refractivity contribution in [2.75, 3.05) is 4.90 Å². The Hall–Kier alpha value is -3.36. The van der Waals surface area contributed by atoms with Crippen LogP contribution in [0, 0.1) is 0 Å². The number of aromatic amines is 1. The van der Waals surface area contributed by atoms with Crippen molar-refractivity contribution in [1.82, 2.24) is 20.6 Å². The van der Waals surface area contributed by atoms with Gasteiger partial charge in [-0.3, -0.25) is 4.79 Å². The molecular formula is C20H21F2N5O2. The number of carbonyl (C=O) groups is 1. The van der Waals surface area contributed by atoms with Crippen LogP contribution in [0.15, 0.2) is 48.5 Å². The van der Waals surface area contributed by atoms with Crippen LogP contribution in [0.1, 0.15) is 32.3 Å². The van der Waals surface area contributed by atoms with Crippen molar-refractivity contribution in [3.63, 3.8) is 0 Å². The molecule has 0 saturated heterocycles. The first-order valence-corrected chi connectivity index (χ1v) is 9.22. The molecule has 3 aromatic rings. The van der Waals surface area contributed by atoms with Gasteiger partial charge in [-0.05, 0) is 35.0 Å². The number of hydrogen-bond donors (Lipinski definition) is 1. The molecule has 0 atom stereocenters. The van der Waals surface area contributed by atoms with Crippen molar-refractivity contribution in [3.05, 3.63) is 54.1 Å². The number of carbonyl (C=O) groups excluding carboxylic acids is 1. The molecule has 0 aliphatic rings. The fourth-order valence-corrected chi connectivity index (χ4v) is 2.70. The van der Waals surface area contributed by atoms with Crippen molar-refractivity contribution >= 4 is 11.6 Å². The smallest absolute Gasteiger partial charge is 0.397 e. The van der Waals surface area contributed by atoms with Gasteiger partial charge < -0.3 is 9.64 Å². The van der Waals surface area contributed by atoms with Crippen LogP contribution in [0.4, 0.5) is 14.5 Å². The average molecular weight is 401 g/mol. The molecule has 1 aromatic heterocycles. The van der Waals surface area contributed by atoms with Crippen LogP contribution in [-0.2, 0) is 11.3 Å². The second-order valence-corrected chi connectivity index (χ2v) is 6.36. The molecule has 152 valence electrons. The number of amides is 1. The number of halogens is 2. The van der Waals surface area contributed by atoms with Crippen molar-refractivity contribution in [2.24, 2.45) is 0 Å². The molecule has 9 heteroatoms.